The van der Waals surface area contributed by atoms with Crippen LogP contribution in [0.5, 0.6) is 0 Å². The molecule has 0 N–H and O–H groups in total. The molecule has 2 unspecified atom stereocenters. The van der Waals surface area contributed by atoms with Crippen LogP contribution < -0.4 is 0 Å². The van der Waals surface area contributed by atoms with E-state index in [1.54, 1.807) is 4.68 Å². The van der Waals surface area contributed by atoms with Crippen molar-refractivity contribution in [3.05, 3.63) is 40.7 Å². The minimum Gasteiger partial charge on any atom is -0.371 e. The Bertz CT molecular complexity index is 600. The molecule has 0 bridgehead atoms. The molecule has 0 aliphatic carbocycles. The Labute approximate surface area is 128 Å². The molecule has 7 heteroatoms. The SMILES string of the molecule is CC(c1nnnn1C)N1CCOC(c2ccc(Cl)cc2)C1. The molecule has 0 spiro atoms. The van der Waals surface area contributed by atoms with Crippen molar-refractivity contribution in [3.63, 3.8) is 0 Å². The van der Waals surface area contributed by atoms with E-state index in [9.17, 15) is 0 Å². The van der Waals surface area contributed by atoms with Crippen LogP contribution in [0.1, 0.15) is 30.5 Å². The Hall–Kier alpha value is -1.50. The van der Waals surface area contributed by atoms with Gasteiger partial charge in [-0.05, 0) is 35.0 Å². The van der Waals surface area contributed by atoms with Crippen LogP contribution in [0.15, 0.2) is 24.3 Å². The van der Waals surface area contributed by atoms with Crippen molar-refractivity contribution in [1.29, 1.82) is 0 Å². The van der Waals surface area contributed by atoms with Gasteiger partial charge in [0, 0.05) is 25.2 Å². The Morgan fingerprint density at radius 1 is 1.33 bits per heavy atom. The van der Waals surface area contributed by atoms with Crippen LogP contribution in [0.2, 0.25) is 5.02 Å². The van der Waals surface area contributed by atoms with Crippen molar-refractivity contribution in [1.82, 2.24) is 25.1 Å². The van der Waals surface area contributed by atoms with Gasteiger partial charge in [-0.2, -0.15) is 0 Å². The quantitative estimate of drug-likeness (QED) is 0.868. The van der Waals surface area contributed by atoms with Gasteiger partial charge in [0.25, 0.3) is 0 Å². The number of rotatable bonds is 3. The third-order valence-electron chi connectivity index (χ3n) is 3.91. The van der Waals surface area contributed by atoms with E-state index in [0.29, 0.717) is 6.61 Å². The lowest BCUT2D eigenvalue weighted by atomic mass is 10.1. The molecule has 1 saturated heterocycles. The normalized spacial score (nSPS) is 21.4. The Morgan fingerprint density at radius 2 is 2.10 bits per heavy atom. The second-order valence-corrected chi connectivity index (χ2v) is 5.68. The van der Waals surface area contributed by atoms with Crippen molar-refractivity contribution < 1.29 is 4.74 Å². The van der Waals surface area contributed by atoms with E-state index in [2.05, 4.69) is 27.3 Å². The summed E-state index contributed by atoms with van der Waals surface area (Å²) in [6, 6.07) is 7.99. The minimum absolute atomic E-state index is 0.0552. The molecular formula is C14H18ClN5O. The van der Waals surface area contributed by atoms with Gasteiger partial charge in [-0.3, -0.25) is 4.90 Å². The maximum Gasteiger partial charge on any atom is 0.167 e. The smallest absolute Gasteiger partial charge is 0.167 e. The van der Waals surface area contributed by atoms with Gasteiger partial charge in [-0.15, -0.1) is 5.10 Å². The first-order chi connectivity index (χ1) is 10.1. The molecule has 1 fully saturated rings. The first-order valence-electron chi connectivity index (χ1n) is 6.98. The Kier molecular flexibility index (Phi) is 4.19. The lowest BCUT2D eigenvalue weighted by Crippen LogP contribution is -2.40. The number of aromatic nitrogens is 4. The molecule has 0 amide bonds. The molecule has 1 aromatic heterocycles. The number of hydrogen-bond donors (Lipinski definition) is 0. The van der Waals surface area contributed by atoms with Crippen molar-refractivity contribution >= 4 is 11.6 Å². The van der Waals surface area contributed by atoms with Crippen LogP contribution >= 0.6 is 11.6 Å². The van der Waals surface area contributed by atoms with Crippen LogP contribution in [-0.4, -0.2) is 44.8 Å². The van der Waals surface area contributed by atoms with Crippen molar-refractivity contribution in [3.8, 4) is 0 Å². The summed E-state index contributed by atoms with van der Waals surface area (Å²) in [7, 11) is 1.86. The molecule has 6 nitrogen and oxygen atoms in total. The van der Waals surface area contributed by atoms with Crippen LogP contribution in [0, 0.1) is 0 Å². The van der Waals surface area contributed by atoms with Gasteiger partial charge < -0.3 is 4.74 Å². The maximum atomic E-state index is 5.94. The Morgan fingerprint density at radius 3 is 2.76 bits per heavy atom. The highest BCUT2D eigenvalue weighted by molar-refractivity contribution is 6.30. The van der Waals surface area contributed by atoms with Gasteiger partial charge in [0.05, 0.1) is 18.8 Å². The molecule has 21 heavy (non-hydrogen) atoms. The fourth-order valence-corrected chi connectivity index (χ4v) is 2.78. The second-order valence-electron chi connectivity index (χ2n) is 5.24. The zero-order valence-corrected chi connectivity index (χ0v) is 12.9. The monoisotopic (exact) mass is 307 g/mol. The summed E-state index contributed by atoms with van der Waals surface area (Å²) in [5.74, 6) is 0.867. The fourth-order valence-electron chi connectivity index (χ4n) is 2.65. The highest BCUT2D eigenvalue weighted by Gasteiger charge is 2.28. The van der Waals surface area contributed by atoms with Crippen molar-refractivity contribution in [2.75, 3.05) is 19.7 Å². The van der Waals surface area contributed by atoms with E-state index >= 15 is 0 Å². The molecule has 2 aromatic rings. The highest BCUT2D eigenvalue weighted by Crippen LogP contribution is 2.28. The number of benzene rings is 1. The molecule has 2 heterocycles. The molecule has 2 atom stereocenters. The minimum atomic E-state index is 0.0552. The molecule has 1 aliphatic heterocycles. The van der Waals surface area contributed by atoms with Crippen molar-refractivity contribution in [2.45, 2.75) is 19.1 Å². The zero-order valence-electron chi connectivity index (χ0n) is 12.1. The van der Waals surface area contributed by atoms with E-state index in [-0.39, 0.29) is 12.1 Å². The fraction of sp³-hybridized carbons (Fsp3) is 0.500. The van der Waals surface area contributed by atoms with Crippen LogP contribution in [-0.2, 0) is 11.8 Å². The first kappa shape index (κ1) is 14.4. The predicted molar refractivity (Wildman–Crippen MR) is 78.9 cm³/mol. The number of aryl methyl sites for hydroxylation is 1. The van der Waals surface area contributed by atoms with E-state index in [0.717, 1.165) is 29.5 Å². The van der Waals surface area contributed by atoms with E-state index in [1.165, 1.54) is 0 Å². The van der Waals surface area contributed by atoms with E-state index in [1.807, 2.05) is 31.3 Å². The summed E-state index contributed by atoms with van der Waals surface area (Å²) in [5.41, 5.74) is 1.15. The molecule has 1 aliphatic rings. The third kappa shape index (κ3) is 3.07. The van der Waals surface area contributed by atoms with Crippen molar-refractivity contribution in [2.24, 2.45) is 7.05 Å². The number of ether oxygens (including phenoxy) is 1. The summed E-state index contributed by atoms with van der Waals surface area (Å²) >= 11 is 5.94. The Balaban J connectivity index is 1.74. The summed E-state index contributed by atoms with van der Waals surface area (Å²) < 4.78 is 7.61. The second kappa shape index (κ2) is 6.09. The average Bonchev–Trinajstić information content (AvgIpc) is 2.93. The first-order valence-corrected chi connectivity index (χ1v) is 7.36. The largest absolute Gasteiger partial charge is 0.371 e. The van der Waals surface area contributed by atoms with Crippen LogP contribution in [0.4, 0.5) is 0 Å². The van der Waals surface area contributed by atoms with Gasteiger partial charge >= 0.3 is 0 Å². The third-order valence-corrected chi connectivity index (χ3v) is 4.17. The molecule has 112 valence electrons. The predicted octanol–water partition coefficient (Wildman–Crippen LogP) is 2.00. The lowest BCUT2D eigenvalue weighted by molar-refractivity contribution is -0.0446. The van der Waals surface area contributed by atoms with Gasteiger partial charge in [-0.1, -0.05) is 23.7 Å². The number of nitrogens with zero attached hydrogens (tertiary/aromatic N) is 5. The van der Waals surface area contributed by atoms with Crippen LogP contribution in [0.25, 0.3) is 0 Å². The van der Waals surface area contributed by atoms with Gasteiger partial charge in [0.15, 0.2) is 5.82 Å². The van der Waals surface area contributed by atoms with E-state index < -0.39 is 0 Å². The zero-order chi connectivity index (χ0) is 14.8. The number of tetrazole rings is 1. The maximum absolute atomic E-state index is 5.94. The van der Waals surface area contributed by atoms with E-state index in [4.69, 9.17) is 16.3 Å². The van der Waals surface area contributed by atoms with Gasteiger partial charge in [0.1, 0.15) is 0 Å². The topological polar surface area (TPSA) is 56.1 Å². The average molecular weight is 308 g/mol. The standard InChI is InChI=1S/C14H18ClN5O/c1-10(14-16-17-18-19(14)2)20-7-8-21-13(9-20)11-3-5-12(15)6-4-11/h3-6,10,13H,7-9H2,1-2H3. The highest BCUT2D eigenvalue weighted by atomic mass is 35.5. The number of morpholine rings is 1. The summed E-state index contributed by atoms with van der Waals surface area (Å²) in [5, 5.41) is 12.5. The number of hydrogen-bond acceptors (Lipinski definition) is 5. The summed E-state index contributed by atoms with van der Waals surface area (Å²) in [6.07, 6.45) is 0.0552. The van der Waals surface area contributed by atoms with Crippen LogP contribution in [0.3, 0.4) is 0 Å². The van der Waals surface area contributed by atoms with Gasteiger partial charge in [0.2, 0.25) is 0 Å². The molecular weight excluding hydrogens is 290 g/mol. The summed E-state index contributed by atoms with van der Waals surface area (Å²) in [6.45, 7) is 4.51. The number of halogens is 1. The van der Waals surface area contributed by atoms with Gasteiger partial charge in [-0.25, -0.2) is 4.68 Å². The lowest BCUT2D eigenvalue weighted by Gasteiger charge is -2.36. The summed E-state index contributed by atoms with van der Waals surface area (Å²) in [4.78, 5) is 2.34. The molecule has 3 rings (SSSR count). The molecule has 1 aromatic carbocycles. The molecule has 0 radical (unpaired) electrons. The molecule has 0 saturated carbocycles.